The highest BCUT2D eigenvalue weighted by molar-refractivity contribution is 7.91. The number of sulfone groups is 1. The molecule has 0 saturated carbocycles. The Hall–Kier alpha value is -1.60. The molecule has 0 aromatic heterocycles. The number of aromatic hydroxyl groups is 1. The van der Waals surface area contributed by atoms with Gasteiger partial charge in [-0.25, -0.2) is 8.42 Å². The maximum absolute atomic E-state index is 11.4. The van der Waals surface area contributed by atoms with Crippen LogP contribution in [0, 0.1) is 0 Å². The van der Waals surface area contributed by atoms with Crippen LogP contribution in [0.4, 0.5) is 0 Å². The Labute approximate surface area is 117 Å². The van der Waals surface area contributed by atoms with Crippen molar-refractivity contribution >= 4 is 15.8 Å². The van der Waals surface area contributed by atoms with Gasteiger partial charge in [-0.1, -0.05) is 12.1 Å². The Morgan fingerprint density at radius 3 is 2.50 bits per heavy atom. The van der Waals surface area contributed by atoms with Crippen LogP contribution in [-0.2, 0) is 21.1 Å². The Morgan fingerprint density at radius 1 is 1.35 bits per heavy atom. The van der Waals surface area contributed by atoms with Crippen LogP contribution >= 0.6 is 0 Å². The molecule has 1 aromatic rings. The summed E-state index contributed by atoms with van der Waals surface area (Å²) in [6.45, 7) is 0. The third kappa shape index (κ3) is 3.94. The molecule has 1 aliphatic heterocycles. The average Bonchev–Trinajstić information content (AvgIpc) is 2.70. The monoisotopic (exact) mass is 299 g/mol. The summed E-state index contributed by atoms with van der Waals surface area (Å²) in [5.74, 6) is -0.791. The second-order valence-corrected chi connectivity index (χ2v) is 7.26. The Kier molecular flexibility index (Phi) is 4.29. The number of carbonyl (C=O) groups is 1. The van der Waals surface area contributed by atoms with E-state index in [1.54, 1.807) is 12.1 Å². The smallest absolute Gasteiger partial charge is 0.321 e. The van der Waals surface area contributed by atoms with Gasteiger partial charge in [0.05, 0.1) is 11.5 Å². The average molecular weight is 299 g/mol. The predicted octanol–water partition coefficient (Wildman–Crippen LogP) is 0.165. The van der Waals surface area contributed by atoms with Gasteiger partial charge in [-0.05, 0) is 30.5 Å². The summed E-state index contributed by atoms with van der Waals surface area (Å²) in [5, 5.41) is 21.3. The van der Waals surface area contributed by atoms with Gasteiger partial charge in [0.1, 0.15) is 11.8 Å². The molecule has 1 fully saturated rings. The normalized spacial score (nSPS) is 22.5. The van der Waals surface area contributed by atoms with Crippen molar-refractivity contribution in [3.05, 3.63) is 29.8 Å². The minimum Gasteiger partial charge on any atom is -0.508 e. The molecule has 20 heavy (non-hydrogen) atoms. The molecular formula is C13H17NO5S. The van der Waals surface area contributed by atoms with Crippen molar-refractivity contribution in [2.24, 2.45) is 0 Å². The fourth-order valence-electron chi connectivity index (χ4n) is 2.30. The first-order valence-corrected chi connectivity index (χ1v) is 8.15. The first-order chi connectivity index (χ1) is 9.35. The number of aliphatic carboxylic acids is 1. The molecule has 1 aliphatic rings. The number of carboxylic acids is 1. The topological polar surface area (TPSA) is 104 Å². The molecule has 1 saturated heterocycles. The number of carboxylic acid groups (broad SMARTS) is 1. The molecule has 2 unspecified atom stereocenters. The van der Waals surface area contributed by atoms with E-state index in [1.165, 1.54) is 12.1 Å². The van der Waals surface area contributed by atoms with Gasteiger partial charge in [-0.2, -0.15) is 0 Å². The van der Waals surface area contributed by atoms with Crippen LogP contribution in [0.15, 0.2) is 24.3 Å². The Bertz CT molecular complexity index is 581. The van der Waals surface area contributed by atoms with E-state index < -0.39 is 21.8 Å². The number of phenols is 1. The van der Waals surface area contributed by atoms with Crippen molar-refractivity contribution in [2.45, 2.75) is 24.9 Å². The summed E-state index contributed by atoms with van der Waals surface area (Å²) < 4.78 is 22.7. The van der Waals surface area contributed by atoms with Gasteiger partial charge in [0.25, 0.3) is 0 Å². The van der Waals surface area contributed by atoms with Crippen LogP contribution in [0.3, 0.4) is 0 Å². The van der Waals surface area contributed by atoms with Crippen LogP contribution in [-0.4, -0.2) is 48.2 Å². The molecule has 0 bridgehead atoms. The van der Waals surface area contributed by atoms with E-state index in [1.807, 2.05) is 0 Å². The molecule has 110 valence electrons. The second-order valence-electron chi connectivity index (χ2n) is 5.03. The summed E-state index contributed by atoms with van der Waals surface area (Å²) in [4.78, 5) is 11.3. The van der Waals surface area contributed by atoms with Crippen molar-refractivity contribution in [3.8, 4) is 5.75 Å². The molecule has 2 rings (SSSR count). The summed E-state index contributed by atoms with van der Waals surface area (Å²) >= 11 is 0. The highest BCUT2D eigenvalue weighted by Crippen LogP contribution is 2.15. The van der Waals surface area contributed by atoms with E-state index >= 15 is 0 Å². The van der Waals surface area contributed by atoms with E-state index in [2.05, 4.69) is 5.32 Å². The lowest BCUT2D eigenvalue weighted by atomic mass is 10.0. The van der Waals surface area contributed by atoms with E-state index in [9.17, 15) is 23.4 Å². The fourth-order valence-corrected chi connectivity index (χ4v) is 3.98. The van der Waals surface area contributed by atoms with Crippen LogP contribution in [0.2, 0.25) is 0 Å². The maximum Gasteiger partial charge on any atom is 0.321 e. The highest BCUT2D eigenvalue weighted by Gasteiger charge is 2.31. The van der Waals surface area contributed by atoms with Gasteiger partial charge in [0, 0.05) is 6.04 Å². The lowest BCUT2D eigenvalue weighted by Gasteiger charge is -2.18. The van der Waals surface area contributed by atoms with Crippen molar-refractivity contribution in [2.75, 3.05) is 11.5 Å². The molecule has 0 radical (unpaired) electrons. The number of rotatable bonds is 5. The minimum atomic E-state index is -3.03. The number of benzene rings is 1. The van der Waals surface area contributed by atoms with E-state index in [4.69, 9.17) is 0 Å². The molecular weight excluding hydrogens is 282 g/mol. The van der Waals surface area contributed by atoms with Crippen molar-refractivity contribution in [1.82, 2.24) is 5.32 Å². The fraction of sp³-hybridized carbons (Fsp3) is 0.462. The van der Waals surface area contributed by atoms with Gasteiger partial charge in [0.15, 0.2) is 9.84 Å². The lowest BCUT2D eigenvalue weighted by molar-refractivity contribution is -0.139. The quantitative estimate of drug-likeness (QED) is 0.716. The van der Waals surface area contributed by atoms with Crippen LogP contribution < -0.4 is 5.32 Å². The molecule has 0 amide bonds. The molecule has 0 aliphatic carbocycles. The zero-order valence-electron chi connectivity index (χ0n) is 10.8. The second kappa shape index (κ2) is 5.80. The third-order valence-corrected chi connectivity index (χ3v) is 5.11. The largest absolute Gasteiger partial charge is 0.508 e. The molecule has 6 nitrogen and oxygen atoms in total. The molecule has 1 heterocycles. The SMILES string of the molecule is O=C(O)C(Cc1ccc(O)cc1)NC1CCS(=O)(=O)C1. The first kappa shape index (κ1) is 14.8. The van der Waals surface area contributed by atoms with Gasteiger partial charge >= 0.3 is 5.97 Å². The van der Waals surface area contributed by atoms with E-state index in [-0.39, 0.29) is 29.7 Å². The number of nitrogens with one attached hydrogen (secondary N) is 1. The zero-order chi connectivity index (χ0) is 14.8. The first-order valence-electron chi connectivity index (χ1n) is 6.33. The predicted molar refractivity (Wildman–Crippen MR) is 73.4 cm³/mol. The lowest BCUT2D eigenvalue weighted by Crippen LogP contribution is -2.45. The minimum absolute atomic E-state index is 0.00758. The molecule has 2 atom stereocenters. The zero-order valence-corrected chi connectivity index (χ0v) is 11.6. The van der Waals surface area contributed by atoms with Crippen LogP contribution in [0.1, 0.15) is 12.0 Å². The Balaban J connectivity index is 2.01. The molecule has 3 N–H and O–H groups in total. The third-order valence-electron chi connectivity index (χ3n) is 3.34. The van der Waals surface area contributed by atoms with Gasteiger partial charge in [-0.15, -0.1) is 0 Å². The summed E-state index contributed by atoms with van der Waals surface area (Å²) in [6, 6.07) is 5.15. The van der Waals surface area contributed by atoms with E-state index in [0.29, 0.717) is 6.42 Å². The standard InChI is InChI=1S/C13H17NO5S/c15-11-3-1-9(2-4-11)7-12(13(16)17)14-10-5-6-20(18,19)8-10/h1-4,10,12,14-15H,5-8H2,(H,16,17). The number of hydrogen-bond acceptors (Lipinski definition) is 5. The number of hydrogen-bond donors (Lipinski definition) is 3. The van der Waals surface area contributed by atoms with E-state index in [0.717, 1.165) is 5.56 Å². The highest BCUT2D eigenvalue weighted by atomic mass is 32.2. The van der Waals surface area contributed by atoms with Crippen molar-refractivity contribution in [3.63, 3.8) is 0 Å². The van der Waals surface area contributed by atoms with Crippen LogP contribution in [0.5, 0.6) is 5.75 Å². The summed E-state index contributed by atoms with van der Waals surface area (Å²) in [5.41, 5.74) is 0.767. The molecule has 0 spiro atoms. The van der Waals surface area contributed by atoms with Gasteiger partial charge in [0.2, 0.25) is 0 Å². The molecule has 7 heteroatoms. The Morgan fingerprint density at radius 2 is 2.00 bits per heavy atom. The number of phenolic OH excluding ortho intramolecular Hbond substituents is 1. The van der Waals surface area contributed by atoms with Crippen molar-refractivity contribution < 1.29 is 23.4 Å². The summed E-state index contributed by atoms with van der Waals surface area (Å²) in [7, 11) is -3.03. The summed E-state index contributed by atoms with van der Waals surface area (Å²) in [6.07, 6.45) is 0.688. The van der Waals surface area contributed by atoms with Gasteiger partial charge < -0.3 is 15.5 Å². The molecule has 1 aromatic carbocycles. The maximum atomic E-state index is 11.4. The van der Waals surface area contributed by atoms with Crippen molar-refractivity contribution in [1.29, 1.82) is 0 Å². The van der Waals surface area contributed by atoms with Gasteiger partial charge in [-0.3, -0.25) is 4.79 Å². The van der Waals surface area contributed by atoms with Crippen LogP contribution in [0.25, 0.3) is 0 Å².